The predicted molar refractivity (Wildman–Crippen MR) is 73.4 cm³/mol. The van der Waals surface area contributed by atoms with Crippen molar-refractivity contribution in [3.63, 3.8) is 0 Å². The lowest BCUT2D eigenvalue weighted by atomic mass is 9.98. The fourth-order valence-electron chi connectivity index (χ4n) is 2.52. The standard InChI is InChI=1S/C14H21N3O3/c1-2-10-3-4-13(18)17(6-5-10)8-12-7-11(9-20-12)14(19)16-15/h7,9-10H,2-6,8,15H2,1H3,(H,16,19). The number of nitrogen functional groups attached to an aromatic ring is 1. The van der Waals surface area contributed by atoms with E-state index >= 15 is 0 Å². The Balaban J connectivity index is 1.99. The molecule has 2 rings (SSSR count). The second-order valence-electron chi connectivity index (χ2n) is 5.19. The fraction of sp³-hybridized carbons (Fsp3) is 0.571. The van der Waals surface area contributed by atoms with Crippen molar-refractivity contribution in [1.29, 1.82) is 0 Å². The molecule has 0 bridgehead atoms. The van der Waals surface area contributed by atoms with Crippen LogP contribution in [-0.4, -0.2) is 23.3 Å². The summed E-state index contributed by atoms with van der Waals surface area (Å²) >= 11 is 0. The zero-order valence-corrected chi connectivity index (χ0v) is 11.7. The summed E-state index contributed by atoms with van der Waals surface area (Å²) in [4.78, 5) is 25.2. The van der Waals surface area contributed by atoms with E-state index in [1.54, 1.807) is 11.0 Å². The Bertz CT molecular complexity index is 484. The summed E-state index contributed by atoms with van der Waals surface area (Å²) < 4.78 is 5.32. The van der Waals surface area contributed by atoms with Crippen molar-refractivity contribution in [3.05, 3.63) is 23.7 Å². The molecule has 1 fully saturated rings. The van der Waals surface area contributed by atoms with Crippen LogP contribution in [0, 0.1) is 5.92 Å². The van der Waals surface area contributed by atoms with E-state index in [0.717, 1.165) is 25.8 Å². The van der Waals surface area contributed by atoms with Crippen molar-refractivity contribution in [2.24, 2.45) is 11.8 Å². The molecular weight excluding hydrogens is 258 g/mol. The highest BCUT2D eigenvalue weighted by Crippen LogP contribution is 2.22. The second-order valence-corrected chi connectivity index (χ2v) is 5.19. The molecule has 1 aromatic heterocycles. The molecule has 1 saturated heterocycles. The number of carbonyl (C=O) groups is 2. The van der Waals surface area contributed by atoms with Gasteiger partial charge in [0.15, 0.2) is 0 Å². The van der Waals surface area contributed by atoms with E-state index in [4.69, 9.17) is 10.3 Å². The number of nitrogens with one attached hydrogen (secondary N) is 1. The molecule has 6 nitrogen and oxygen atoms in total. The van der Waals surface area contributed by atoms with Crippen LogP contribution in [-0.2, 0) is 11.3 Å². The summed E-state index contributed by atoms with van der Waals surface area (Å²) in [6, 6.07) is 1.62. The first-order chi connectivity index (χ1) is 9.63. The minimum Gasteiger partial charge on any atom is -0.467 e. The van der Waals surface area contributed by atoms with Gasteiger partial charge in [-0.05, 0) is 24.8 Å². The highest BCUT2D eigenvalue weighted by molar-refractivity contribution is 5.93. The molecule has 0 aromatic carbocycles. The van der Waals surface area contributed by atoms with Crippen molar-refractivity contribution < 1.29 is 14.0 Å². The first-order valence-corrected chi connectivity index (χ1v) is 7.00. The number of furan rings is 1. The largest absolute Gasteiger partial charge is 0.467 e. The highest BCUT2D eigenvalue weighted by Gasteiger charge is 2.22. The summed E-state index contributed by atoms with van der Waals surface area (Å²) in [5.41, 5.74) is 2.42. The smallest absolute Gasteiger partial charge is 0.268 e. The van der Waals surface area contributed by atoms with Crippen LogP contribution in [0.5, 0.6) is 0 Å². The Labute approximate surface area is 118 Å². The van der Waals surface area contributed by atoms with Crippen LogP contribution in [0.15, 0.2) is 16.7 Å². The van der Waals surface area contributed by atoms with Crippen molar-refractivity contribution in [1.82, 2.24) is 10.3 Å². The van der Waals surface area contributed by atoms with E-state index in [2.05, 4.69) is 12.3 Å². The van der Waals surface area contributed by atoms with E-state index in [-0.39, 0.29) is 5.91 Å². The molecule has 2 heterocycles. The minimum atomic E-state index is -0.395. The van der Waals surface area contributed by atoms with E-state index in [9.17, 15) is 9.59 Å². The van der Waals surface area contributed by atoms with Gasteiger partial charge in [-0.25, -0.2) is 5.84 Å². The molecule has 1 aromatic rings. The molecule has 1 unspecified atom stereocenters. The molecule has 1 atom stereocenters. The van der Waals surface area contributed by atoms with Gasteiger partial charge in [-0.1, -0.05) is 13.3 Å². The van der Waals surface area contributed by atoms with Crippen molar-refractivity contribution in [2.75, 3.05) is 6.54 Å². The Kier molecular flexibility index (Phi) is 4.79. The molecule has 0 aliphatic carbocycles. The molecule has 1 aliphatic heterocycles. The summed E-state index contributed by atoms with van der Waals surface area (Å²) in [6.07, 6.45) is 5.05. The zero-order valence-electron chi connectivity index (χ0n) is 11.7. The first-order valence-electron chi connectivity index (χ1n) is 7.00. The van der Waals surface area contributed by atoms with E-state index in [0.29, 0.717) is 30.2 Å². The third-order valence-electron chi connectivity index (χ3n) is 3.90. The molecule has 0 radical (unpaired) electrons. The van der Waals surface area contributed by atoms with Crippen LogP contribution in [0.4, 0.5) is 0 Å². The Hall–Kier alpha value is -1.82. The van der Waals surface area contributed by atoms with Gasteiger partial charge < -0.3 is 9.32 Å². The van der Waals surface area contributed by atoms with Gasteiger partial charge in [0.25, 0.3) is 5.91 Å². The molecule has 6 heteroatoms. The van der Waals surface area contributed by atoms with Crippen molar-refractivity contribution >= 4 is 11.8 Å². The lowest BCUT2D eigenvalue weighted by Crippen LogP contribution is -2.30. The molecule has 0 spiro atoms. The number of carbonyl (C=O) groups excluding carboxylic acids is 2. The topological polar surface area (TPSA) is 88.6 Å². The lowest BCUT2D eigenvalue weighted by molar-refractivity contribution is -0.131. The number of hydrogen-bond donors (Lipinski definition) is 2. The highest BCUT2D eigenvalue weighted by atomic mass is 16.3. The maximum absolute atomic E-state index is 12.1. The molecule has 20 heavy (non-hydrogen) atoms. The molecule has 2 amide bonds. The average Bonchev–Trinajstić information content (AvgIpc) is 2.85. The van der Waals surface area contributed by atoms with E-state index in [1.165, 1.54) is 6.26 Å². The molecule has 3 N–H and O–H groups in total. The third-order valence-corrected chi connectivity index (χ3v) is 3.90. The van der Waals surface area contributed by atoms with Crippen LogP contribution < -0.4 is 11.3 Å². The van der Waals surface area contributed by atoms with E-state index in [1.807, 2.05) is 0 Å². The Morgan fingerprint density at radius 2 is 2.35 bits per heavy atom. The number of hydrazine groups is 1. The number of nitrogens with two attached hydrogens (primary N) is 1. The Morgan fingerprint density at radius 3 is 3.05 bits per heavy atom. The average molecular weight is 279 g/mol. The van der Waals surface area contributed by atoms with Crippen LogP contribution in [0.2, 0.25) is 0 Å². The predicted octanol–water partition coefficient (Wildman–Crippen LogP) is 1.42. The second kappa shape index (κ2) is 6.56. The van der Waals surface area contributed by atoms with Crippen molar-refractivity contribution in [3.8, 4) is 0 Å². The summed E-state index contributed by atoms with van der Waals surface area (Å²) in [5, 5.41) is 0. The Morgan fingerprint density at radius 1 is 1.55 bits per heavy atom. The SMILES string of the molecule is CCC1CCC(=O)N(Cc2cc(C(=O)NN)co2)CC1. The number of rotatable bonds is 4. The molecule has 1 aliphatic rings. The van der Waals surface area contributed by atoms with E-state index < -0.39 is 5.91 Å². The van der Waals surface area contributed by atoms with Gasteiger partial charge in [-0.2, -0.15) is 0 Å². The molecule has 0 saturated carbocycles. The maximum atomic E-state index is 12.1. The van der Waals surface area contributed by atoms with Crippen molar-refractivity contribution in [2.45, 2.75) is 39.2 Å². The number of likely N-dealkylation sites (tertiary alicyclic amines) is 1. The lowest BCUT2D eigenvalue weighted by Gasteiger charge is -2.19. The zero-order chi connectivity index (χ0) is 14.5. The maximum Gasteiger partial charge on any atom is 0.268 e. The first kappa shape index (κ1) is 14.6. The van der Waals surface area contributed by atoms with Crippen LogP contribution in [0.25, 0.3) is 0 Å². The normalized spacial score (nSPS) is 19.8. The third kappa shape index (κ3) is 3.39. The monoisotopic (exact) mass is 279 g/mol. The van der Waals surface area contributed by atoms with Gasteiger partial charge in [-0.15, -0.1) is 0 Å². The number of hydrogen-bond acceptors (Lipinski definition) is 4. The van der Waals surface area contributed by atoms with Gasteiger partial charge in [-0.3, -0.25) is 15.0 Å². The summed E-state index contributed by atoms with van der Waals surface area (Å²) in [5.74, 6) is 6.05. The van der Waals surface area contributed by atoms with Gasteiger partial charge >= 0.3 is 0 Å². The van der Waals surface area contributed by atoms with Crippen LogP contribution >= 0.6 is 0 Å². The summed E-state index contributed by atoms with van der Waals surface area (Å²) in [7, 11) is 0. The summed E-state index contributed by atoms with van der Waals surface area (Å²) in [6.45, 7) is 3.32. The van der Waals surface area contributed by atoms with Crippen LogP contribution in [0.1, 0.15) is 48.7 Å². The molecular formula is C14H21N3O3. The fourth-order valence-corrected chi connectivity index (χ4v) is 2.52. The minimum absolute atomic E-state index is 0.155. The molecule has 110 valence electrons. The number of nitrogens with zero attached hydrogens (tertiary/aromatic N) is 1. The number of amides is 2. The van der Waals surface area contributed by atoms with Gasteiger partial charge in [0.05, 0.1) is 12.1 Å². The van der Waals surface area contributed by atoms with Gasteiger partial charge in [0, 0.05) is 13.0 Å². The van der Waals surface area contributed by atoms with Gasteiger partial charge in [0.2, 0.25) is 5.91 Å². The van der Waals surface area contributed by atoms with Gasteiger partial charge in [0.1, 0.15) is 12.0 Å². The van der Waals surface area contributed by atoms with Crippen LogP contribution in [0.3, 0.4) is 0 Å². The quantitative estimate of drug-likeness (QED) is 0.495.